The van der Waals surface area contributed by atoms with Crippen molar-refractivity contribution in [2.45, 2.75) is 51.2 Å². The molecule has 4 amide bonds. The molecule has 13 nitrogen and oxygen atoms in total. The molecule has 0 aliphatic carbocycles. The van der Waals surface area contributed by atoms with Crippen LogP contribution in [0.15, 0.2) is 109 Å². The summed E-state index contributed by atoms with van der Waals surface area (Å²) in [6, 6.07) is 31.5. The molecule has 6 aromatic rings. The molecule has 0 radical (unpaired) electrons. The van der Waals surface area contributed by atoms with Gasteiger partial charge in [0.15, 0.2) is 5.82 Å². The fourth-order valence-electron chi connectivity index (χ4n) is 10.6. The SMILES string of the molecule is O=C1CCC(N2Cc3c(cccc3N3CCC(CN4CCN(CC#Cc5ccc(/C=C/c6ccc(C(=O)N7CCc8cnc(-c9cnc%10ccccc%10c9)nc8C7)cc6)cc5)CC4)CC3)C2=O)C(=O)N1. The van der Waals surface area contributed by atoms with Crippen molar-refractivity contribution in [2.75, 3.05) is 63.8 Å². The number of nitrogens with zero attached hydrogens (tertiary/aromatic N) is 8. The van der Waals surface area contributed by atoms with E-state index in [1.165, 1.54) is 0 Å². The maximum atomic E-state index is 13.6. The van der Waals surface area contributed by atoms with Gasteiger partial charge in [-0.05, 0) is 96.8 Å². The van der Waals surface area contributed by atoms with Crippen LogP contribution >= 0.6 is 0 Å². The highest BCUT2D eigenvalue weighted by Gasteiger charge is 2.40. The Bertz CT molecular complexity index is 3070. The summed E-state index contributed by atoms with van der Waals surface area (Å²) in [5.41, 5.74) is 10.3. The molecule has 3 fully saturated rings. The van der Waals surface area contributed by atoms with E-state index in [9.17, 15) is 19.2 Å². The van der Waals surface area contributed by atoms with E-state index in [4.69, 9.17) is 4.98 Å². The van der Waals surface area contributed by atoms with Gasteiger partial charge in [0.1, 0.15) is 6.04 Å². The van der Waals surface area contributed by atoms with Crippen molar-refractivity contribution in [3.63, 3.8) is 0 Å². The number of aromatic nitrogens is 3. The average Bonchev–Trinajstić information content (AvgIpc) is 3.74. The van der Waals surface area contributed by atoms with Gasteiger partial charge in [-0.15, -0.1) is 0 Å². The number of hydrogen-bond acceptors (Lipinski definition) is 10. The van der Waals surface area contributed by atoms with Gasteiger partial charge in [0.05, 0.1) is 24.3 Å². The third-order valence-corrected chi connectivity index (χ3v) is 14.6. The lowest BCUT2D eigenvalue weighted by Gasteiger charge is -2.39. The molecule has 70 heavy (non-hydrogen) atoms. The summed E-state index contributed by atoms with van der Waals surface area (Å²) in [4.78, 5) is 76.4. The molecule has 0 bridgehead atoms. The molecule has 0 saturated carbocycles. The van der Waals surface area contributed by atoms with E-state index in [2.05, 4.69) is 90.4 Å². The summed E-state index contributed by atoms with van der Waals surface area (Å²) in [5, 5.41) is 3.44. The monoisotopic (exact) mass is 929 g/mol. The Hall–Kier alpha value is -7.53. The van der Waals surface area contributed by atoms with E-state index >= 15 is 0 Å². The van der Waals surface area contributed by atoms with Crippen LogP contribution in [0.25, 0.3) is 34.4 Å². The molecule has 1 atom stereocenters. The zero-order valence-corrected chi connectivity index (χ0v) is 39.2. The van der Waals surface area contributed by atoms with Crippen LogP contribution in [-0.4, -0.2) is 123 Å². The zero-order valence-electron chi connectivity index (χ0n) is 39.2. The smallest absolute Gasteiger partial charge is 0.255 e. The topological polar surface area (TPSA) is 135 Å². The number of nitrogens with one attached hydrogen (secondary N) is 1. The Balaban J connectivity index is 0.608. The van der Waals surface area contributed by atoms with Gasteiger partial charge in [0.2, 0.25) is 11.8 Å². The van der Waals surface area contributed by atoms with Gasteiger partial charge in [-0.1, -0.05) is 72.5 Å². The van der Waals surface area contributed by atoms with Crippen LogP contribution in [0.5, 0.6) is 0 Å². The zero-order chi connectivity index (χ0) is 47.6. The highest BCUT2D eigenvalue weighted by Crippen LogP contribution is 2.36. The summed E-state index contributed by atoms with van der Waals surface area (Å²) in [6.45, 7) is 9.32. The standard InChI is InChI=1S/C57H55N9O4/c67-53-21-20-52(55(68)61-53)66-37-48-47(57(66)70)7-3-9-51(48)64-26-22-42(23-27-64)36-63-31-29-62(30-32-63)25-4-5-39-10-12-40(13-11-39)14-15-41-16-18-43(19-17-41)56(69)65-28-24-45-34-59-54(60-50(45)38-65)46-33-44-6-1-2-8-49(44)58-35-46/h1-3,6-19,33-35,42,52H,20-32,36-38H2,(H,61,67,68)/b15-14+. The second kappa shape index (κ2) is 19.8. The highest BCUT2D eigenvalue weighted by atomic mass is 16.2. The molecule has 13 heteroatoms. The average molecular weight is 930 g/mol. The third-order valence-electron chi connectivity index (χ3n) is 14.6. The first-order valence-corrected chi connectivity index (χ1v) is 24.6. The molecule has 5 aliphatic rings. The summed E-state index contributed by atoms with van der Waals surface area (Å²) in [5.74, 6) is 7.25. The van der Waals surface area contributed by atoms with Crippen molar-refractivity contribution >= 4 is 52.4 Å². The van der Waals surface area contributed by atoms with Crippen molar-refractivity contribution < 1.29 is 19.2 Å². The van der Waals surface area contributed by atoms with Crippen molar-refractivity contribution in [1.82, 2.24) is 39.9 Å². The normalized spacial score (nSPS) is 19.0. The minimum Gasteiger partial charge on any atom is -0.371 e. The predicted octanol–water partition coefficient (Wildman–Crippen LogP) is 6.71. The first kappa shape index (κ1) is 44.9. The minimum absolute atomic E-state index is 0.00465. The number of anilines is 1. The fourth-order valence-corrected chi connectivity index (χ4v) is 10.6. The maximum absolute atomic E-state index is 13.6. The summed E-state index contributed by atoms with van der Waals surface area (Å²) >= 11 is 0. The van der Waals surface area contributed by atoms with Crippen LogP contribution in [0.3, 0.4) is 0 Å². The molecule has 7 heterocycles. The first-order valence-electron chi connectivity index (χ1n) is 24.6. The number of benzene rings is 4. The maximum Gasteiger partial charge on any atom is 0.255 e. The molecule has 352 valence electrons. The number of hydrogen-bond donors (Lipinski definition) is 1. The Morgan fingerprint density at radius 2 is 1.50 bits per heavy atom. The van der Waals surface area contributed by atoms with Gasteiger partial charge in [0, 0.05) is 117 Å². The first-order chi connectivity index (χ1) is 34.3. The van der Waals surface area contributed by atoms with Gasteiger partial charge < -0.3 is 19.6 Å². The van der Waals surface area contributed by atoms with Crippen LogP contribution in [0.2, 0.25) is 0 Å². The van der Waals surface area contributed by atoms with E-state index in [0.29, 0.717) is 55.3 Å². The van der Waals surface area contributed by atoms with E-state index in [0.717, 1.165) is 121 Å². The van der Waals surface area contributed by atoms with Gasteiger partial charge in [-0.3, -0.25) is 34.4 Å². The van der Waals surface area contributed by atoms with E-state index in [-0.39, 0.29) is 30.0 Å². The number of imide groups is 1. The number of carbonyl (C=O) groups is 4. The summed E-state index contributed by atoms with van der Waals surface area (Å²) in [6.07, 6.45) is 11.4. The second-order valence-corrected chi connectivity index (χ2v) is 19.1. The third kappa shape index (κ3) is 9.70. The van der Waals surface area contributed by atoms with Gasteiger partial charge >= 0.3 is 0 Å². The van der Waals surface area contributed by atoms with Crippen LogP contribution in [0.1, 0.15) is 79.9 Å². The molecule has 3 saturated heterocycles. The van der Waals surface area contributed by atoms with Gasteiger partial charge in [0.25, 0.3) is 11.8 Å². The molecule has 2 aromatic heterocycles. The van der Waals surface area contributed by atoms with Crippen LogP contribution in [-0.2, 0) is 29.1 Å². The van der Waals surface area contributed by atoms with Crippen molar-refractivity contribution in [1.29, 1.82) is 0 Å². The van der Waals surface area contributed by atoms with Crippen molar-refractivity contribution in [2.24, 2.45) is 5.92 Å². The number of carbonyl (C=O) groups excluding carboxylic acids is 4. The minimum atomic E-state index is -0.602. The predicted molar refractivity (Wildman–Crippen MR) is 270 cm³/mol. The van der Waals surface area contributed by atoms with Crippen LogP contribution in [0.4, 0.5) is 5.69 Å². The van der Waals surface area contributed by atoms with Crippen molar-refractivity contribution in [3.05, 3.63) is 154 Å². The lowest BCUT2D eigenvalue weighted by molar-refractivity contribution is -0.136. The molecular weight excluding hydrogens is 875 g/mol. The molecule has 11 rings (SSSR count). The van der Waals surface area contributed by atoms with Gasteiger partial charge in [-0.2, -0.15) is 0 Å². The second-order valence-electron chi connectivity index (χ2n) is 19.1. The van der Waals surface area contributed by atoms with E-state index in [1.54, 1.807) is 4.90 Å². The molecule has 5 aliphatic heterocycles. The number of pyridine rings is 1. The number of rotatable bonds is 9. The quantitative estimate of drug-likeness (QED) is 0.0948. The highest BCUT2D eigenvalue weighted by molar-refractivity contribution is 6.06. The number of para-hydroxylation sites is 1. The summed E-state index contributed by atoms with van der Waals surface area (Å²) < 4.78 is 0. The van der Waals surface area contributed by atoms with Gasteiger partial charge in [-0.25, -0.2) is 9.97 Å². The number of piperazine rings is 1. The number of fused-ring (bicyclic) bond motifs is 3. The van der Waals surface area contributed by atoms with E-state index in [1.807, 2.05) is 78.0 Å². The molecular formula is C57H55N9O4. The van der Waals surface area contributed by atoms with Crippen LogP contribution in [0, 0.1) is 17.8 Å². The molecule has 0 spiro atoms. The molecule has 1 N–H and O–H groups in total. The van der Waals surface area contributed by atoms with E-state index < -0.39 is 6.04 Å². The lowest BCUT2D eigenvalue weighted by atomic mass is 9.94. The Kier molecular flexibility index (Phi) is 12.7. The Morgan fingerprint density at radius 1 is 0.743 bits per heavy atom. The molecule has 1 unspecified atom stereocenters. The number of piperidine rings is 2. The van der Waals surface area contributed by atoms with Crippen molar-refractivity contribution in [3.8, 4) is 23.2 Å². The largest absolute Gasteiger partial charge is 0.371 e. The fraction of sp³-hybridized carbons (Fsp3) is 0.316. The van der Waals surface area contributed by atoms with Crippen LogP contribution < -0.4 is 10.2 Å². The summed E-state index contributed by atoms with van der Waals surface area (Å²) in [7, 11) is 0. The molecule has 4 aromatic carbocycles. The number of amides is 4. The lowest BCUT2D eigenvalue weighted by Crippen LogP contribution is -2.52. The Labute approximate surface area is 408 Å². The Morgan fingerprint density at radius 3 is 2.29 bits per heavy atom.